The van der Waals surface area contributed by atoms with Crippen molar-refractivity contribution in [3.8, 4) is 0 Å². The van der Waals surface area contributed by atoms with E-state index in [1.807, 2.05) is 0 Å². The smallest absolute Gasteiger partial charge is 0.279 e. The van der Waals surface area contributed by atoms with Gasteiger partial charge in [0.15, 0.2) is 0 Å². The largest absolute Gasteiger partial charge is 0.316 e. The topological polar surface area (TPSA) is 61.4 Å². The Balaban J connectivity index is 2.23. The molecule has 0 aromatic carbocycles. The summed E-state index contributed by atoms with van der Waals surface area (Å²) in [6.45, 7) is 5.32. The minimum Gasteiger partial charge on any atom is -0.316 e. The second-order valence-corrected chi connectivity index (χ2v) is 6.94. The minimum absolute atomic E-state index is 0.547. The Morgan fingerprint density at radius 3 is 2.83 bits per heavy atom. The van der Waals surface area contributed by atoms with Gasteiger partial charge in [-0.1, -0.05) is 13.3 Å². The van der Waals surface area contributed by atoms with Crippen molar-refractivity contribution in [3.63, 3.8) is 0 Å². The van der Waals surface area contributed by atoms with Crippen molar-refractivity contribution < 1.29 is 8.42 Å². The van der Waals surface area contributed by atoms with Crippen molar-refractivity contribution in [1.29, 1.82) is 0 Å². The third kappa shape index (κ3) is 5.65. The predicted molar refractivity (Wildman–Crippen MR) is 74.7 cm³/mol. The van der Waals surface area contributed by atoms with Crippen LogP contribution < -0.4 is 10.0 Å². The van der Waals surface area contributed by atoms with Crippen molar-refractivity contribution in [2.24, 2.45) is 5.92 Å². The molecule has 0 spiro atoms. The predicted octanol–water partition coefficient (Wildman–Crippen LogP) is 0.942. The van der Waals surface area contributed by atoms with Crippen LogP contribution in [0.3, 0.4) is 0 Å². The molecule has 0 aromatic rings. The van der Waals surface area contributed by atoms with Gasteiger partial charge in [0.05, 0.1) is 0 Å². The van der Waals surface area contributed by atoms with E-state index in [1.54, 1.807) is 7.05 Å². The molecule has 1 atom stereocenters. The average molecular weight is 277 g/mol. The lowest BCUT2D eigenvalue weighted by Gasteiger charge is -2.23. The summed E-state index contributed by atoms with van der Waals surface area (Å²) in [5.74, 6) is 0.613. The highest BCUT2D eigenvalue weighted by atomic mass is 32.2. The first-order valence-corrected chi connectivity index (χ1v) is 8.42. The van der Waals surface area contributed by atoms with Gasteiger partial charge in [-0.05, 0) is 44.7 Å². The van der Waals surface area contributed by atoms with Crippen LogP contribution in [0.2, 0.25) is 0 Å². The molecule has 108 valence electrons. The van der Waals surface area contributed by atoms with Crippen LogP contribution in [0.4, 0.5) is 0 Å². The van der Waals surface area contributed by atoms with Gasteiger partial charge in [0, 0.05) is 20.1 Å². The molecular weight excluding hydrogens is 250 g/mol. The van der Waals surface area contributed by atoms with E-state index in [1.165, 1.54) is 17.1 Å². The first kappa shape index (κ1) is 15.9. The monoisotopic (exact) mass is 277 g/mol. The van der Waals surface area contributed by atoms with Crippen LogP contribution in [-0.2, 0) is 10.2 Å². The van der Waals surface area contributed by atoms with Crippen molar-refractivity contribution in [1.82, 2.24) is 14.3 Å². The number of hydrogen-bond acceptors (Lipinski definition) is 3. The van der Waals surface area contributed by atoms with Gasteiger partial charge in [0.25, 0.3) is 10.2 Å². The average Bonchev–Trinajstić information content (AvgIpc) is 2.37. The molecule has 2 N–H and O–H groups in total. The molecule has 1 saturated heterocycles. The van der Waals surface area contributed by atoms with E-state index in [9.17, 15) is 8.42 Å². The fourth-order valence-electron chi connectivity index (χ4n) is 2.17. The second kappa shape index (κ2) is 8.09. The van der Waals surface area contributed by atoms with E-state index in [4.69, 9.17) is 0 Å². The molecular formula is C12H27N3O2S. The van der Waals surface area contributed by atoms with Crippen LogP contribution in [0.5, 0.6) is 0 Å². The molecule has 0 radical (unpaired) electrons. The summed E-state index contributed by atoms with van der Waals surface area (Å²) in [6, 6.07) is 0. The molecule has 0 amide bonds. The Hall–Kier alpha value is -0.170. The van der Waals surface area contributed by atoms with Crippen LogP contribution >= 0.6 is 0 Å². The lowest BCUT2D eigenvalue weighted by molar-refractivity contribution is 0.356. The second-order valence-electron chi connectivity index (χ2n) is 5.08. The van der Waals surface area contributed by atoms with Gasteiger partial charge in [-0.2, -0.15) is 12.7 Å². The van der Waals surface area contributed by atoms with Gasteiger partial charge in [0.2, 0.25) is 0 Å². The SMILES string of the molecule is CCCCN(C)S(=O)(=O)NCCC1CCCNC1. The first-order valence-electron chi connectivity index (χ1n) is 6.98. The molecule has 0 aromatic heterocycles. The summed E-state index contributed by atoms with van der Waals surface area (Å²) in [4.78, 5) is 0. The lowest BCUT2D eigenvalue weighted by Crippen LogP contribution is -2.40. The maximum absolute atomic E-state index is 11.9. The third-order valence-corrected chi connectivity index (χ3v) is 5.05. The molecule has 1 aliphatic heterocycles. The maximum Gasteiger partial charge on any atom is 0.279 e. The molecule has 18 heavy (non-hydrogen) atoms. The summed E-state index contributed by atoms with van der Waals surface area (Å²) >= 11 is 0. The Bertz CT molecular complexity index is 313. The van der Waals surface area contributed by atoms with Gasteiger partial charge in [-0.25, -0.2) is 4.72 Å². The highest BCUT2D eigenvalue weighted by Crippen LogP contribution is 2.13. The minimum atomic E-state index is -3.27. The molecule has 1 unspecified atom stereocenters. The molecule has 5 nitrogen and oxygen atoms in total. The number of nitrogens with zero attached hydrogens (tertiary/aromatic N) is 1. The highest BCUT2D eigenvalue weighted by Gasteiger charge is 2.18. The van der Waals surface area contributed by atoms with Crippen LogP contribution in [0, 0.1) is 5.92 Å². The van der Waals surface area contributed by atoms with E-state index in [0.29, 0.717) is 19.0 Å². The van der Waals surface area contributed by atoms with Crippen LogP contribution in [0.1, 0.15) is 39.0 Å². The molecule has 0 saturated carbocycles. The normalized spacial score (nSPS) is 21.4. The van der Waals surface area contributed by atoms with Crippen molar-refractivity contribution >= 4 is 10.2 Å². The number of hydrogen-bond donors (Lipinski definition) is 2. The van der Waals surface area contributed by atoms with Crippen LogP contribution in [0.15, 0.2) is 0 Å². The molecule has 0 bridgehead atoms. The Morgan fingerprint density at radius 2 is 2.22 bits per heavy atom. The Kier molecular flexibility index (Phi) is 7.14. The maximum atomic E-state index is 11.9. The highest BCUT2D eigenvalue weighted by molar-refractivity contribution is 7.87. The number of rotatable bonds is 8. The molecule has 1 fully saturated rings. The van der Waals surface area contributed by atoms with Gasteiger partial charge >= 0.3 is 0 Å². The van der Waals surface area contributed by atoms with Crippen molar-refractivity contribution in [2.75, 3.05) is 33.2 Å². The number of piperidine rings is 1. The van der Waals surface area contributed by atoms with Gasteiger partial charge < -0.3 is 5.32 Å². The van der Waals surface area contributed by atoms with E-state index in [-0.39, 0.29) is 0 Å². The molecule has 0 aliphatic carbocycles. The van der Waals surface area contributed by atoms with Crippen LogP contribution in [-0.4, -0.2) is 45.9 Å². The fraction of sp³-hybridized carbons (Fsp3) is 1.00. The van der Waals surface area contributed by atoms with Gasteiger partial charge in [0.1, 0.15) is 0 Å². The molecule has 6 heteroatoms. The number of nitrogens with one attached hydrogen (secondary N) is 2. The van der Waals surface area contributed by atoms with Crippen molar-refractivity contribution in [3.05, 3.63) is 0 Å². The van der Waals surface area contributed by atoms with E-state index in [2.05, 4.69) is 17.0 Å². The quantitative estimate of drug-likeness (QED) is 0.694. The molecule has 1 heterocycles. The summed E-state index contributed by atoms with van der Waals surface area (Å²) in [7, 11) is -1.63. The van der Waals surface area contributed by atoms with E-state index in [0.717, 1.165) is 32.4 Å². The fourth-order valence-corrected chi connectivity index (χ4v) is 3.14. The lowest BCUT2D eigenvalue weighted by atomic mass is 9.96. The summed E-state index contributed by atoms with van der Waals surface area (Å²) in [6.07, 6.45) is 5.25. The number of unbranched alkanes of at least 4 members (excludes halogenated alkanes) is 1. The molecule has 1 aliphatic rings. The summed E-state index contributed by atoms with van der Waals surface area (Å²) in [5.41, 5.74) is 0. The summed E-state index contributed by atoms with van der Waals surface area (Å²) in [5, 5.41) is 3.35. The van der Waals surface area contributed by atoms with Crippen LogP contribution in [0.25, 0.3) is 0 Å². The standard InChI is InChI=1S/C12H27N3O2S/c1-3-4-10-15(2)18(16,17)14-9-7-12-6-5-8-13-11-12/h12-14H,3-11H2,1-2H3. The summed E-state index contributed by atoms with van der Waals surface area (Å²) < 4.78 is 27.9. The Labute approximate surface area is 112 Å². The van der Waals surface area contributed by atoms with E-state index >= 15 is 0 Å². The molecule has 1 rings (SSSR count). The zero-order chi connectivity index (χ0) is 13.4. The van der Waals surface area contributed by atoms with Gasteiger partial charge in [-0.3, -0.25) is 0 Å². The zero-order valence-electron chi connectivity index (χ0n) is 11.6. The zero-order valence-corrected chi connectivity index (χ0v) is 12.4. The van der Waals surface area contributed by atoms with Gasteiger partial charge in [-0.15, -0.1) is 0 Å². The third-order valence-electron chi connectivity index (χ3n) is 3.47. The van der Waals surface area contributed by atoms with Crippen molar-refractivity contribution in [2.45, 2.75) is 39.0 Å². The van der Waals surface area contributed by atoms with E-state index < -0.39 is 10.2 Å². The Morgan fingerprint density at radius 1 is 1.44 bits per heavy atom. The first-order chi connectivity index (χ1) is 8.56.